The Balaban J connectivity index is 2.01. The number of anilines is 2. The van der Waals surface area contributed by atoms with Crippen molar-refractivity contribution >= 4 is 11.4 Å². The molecule has 0 atom stereocenters. The van der Waals surface area contributed by atoms with E-state index < -0.39 is 11.6 Å². The van der Waals surface area contributed by atoms with Crippen LogP contribution in [0.25, 0.3) is 0 Å². The van der Waals surface area contributed by atoms with Crippen molar-refractivity contribution in [1.29, 1.82) is 0 Å². The molecule has 0 radical (unpaired) electrons. The van der Waals surface area contributed by atoms with Gasteiger partial charge in [0.1, 0.15) is 0 Å². The van der Waals surface area contributed by atoms with Gasteiger partial charge in [-0.25, -0.2) is 8.78 Å². The lowest BCUT2D eigenvalue weighted by molar-refractivity contribution is 0.410. The molecule has 0 saturated carbocycles. The molecule has 1 aromatic heterocycles. The zero-order valence-corrected chi connectivity index (χ0v) is 8.78. The van der Waals surface area contributed by atoms with E-state index in [1.165, 1.54) is 12.5 Å². The summed E-state index contributed by atoms with van der Waals surface area (Å²) in [7, 11) is 0. The molecule has 0 spiro atoms. The number of nitrogens with zero attached hydrogens (tertiary/aromatic N) is 2. The zero-order valence-electron chi connectivity index (χ0n) is 8.78. The van der Waals surface area contributed by atoms with Crippen LogP contribution in [0, 0.1) is 11.6 Å². The first-order valence-electron chi connectivity index (χ1n) is 4.91. The third-order valence-electron chi connectivity index (χ3n) is 2.18. The Morgan fingerprint density at radius 1 is 1.35 bits per heavy atom. The van der Waals surface area contributed by atoms with Gasteiger partial charge >= 0.3 is 0 Å². The van der Waals surface area contributed by atoms with Crippen molar-refractivity contribution in [2.75, 3.05) is 17.6 Å². The van der Waals surface area contributed by atoms with Crippen molar-refractivity contribution < 1.29 is 13.3 Å². The van der Waals surface area contributed by atoms with Crippen molar-refractivity contribution in [2.24, 2.45) is 0 Å². The normalized spacial score (nSPS) is 10.5. The summed E-state index contributed by atoms with van der Waals surface area (Å²) in [5, 5.41) is 6.28. The van der Waals surface area contributed by atoms with Crippen LogP contribution in [0.1, 0.15) is 5.82 Å². The maximum Gasteiger partial charge on any atom is 0.213 e. The van der Waals surface area contributed by atoms with Gasteiger partial charge in [-0.05, 0) is 12.1 Å². The van der Waals surface area contributed by atoms with Crippen LogP contribution in [-0.4, -0.2) is 16.7 Å². The molecule has 90 valence electrons. The average molecular weight is 240 g/mol. The Morgan fingerprint density at radius 3 is 2.88 bits per heavy atom. The molecule has 3 N–H and O–H groups in total. The van der Waals surface area contributed by atoms with E-state index in [0.717, 1.165) is 6.07 Å². The number of hydrogen-bond acceptors (Lipinski definition) is 5. The molecule has 0 fully saturated rings. The SMILES string of the molecule is Nc1ccc(F)c(F)c1NCCc1ncon1. The lowest BCUT2D eigenvalue weighted by Gasteiger charge is -2.09. The van der Waals surface area contributed by atoms with E-state index in [-0.39, 0.29) is 11.4 Å². The fraction of sp³-hybridized carbons (Fsp3) is 0.200. The minimum atomic E-state index is -0.988. The lowest BCUT2D eigenvalue weighted by Crippen LogP contribution is -2.10. The first-order chi connectivity index (χ1) is 8.18. The largest absolute Gasteiger partial charge is 0.397 e. The molecule has 0 aliphatic heterocycles. The third-order valence-corrected chi connectivity index (χ3v) is 2.18. The molecule has 7 heteroatoms. The van der Waals surface area contributed by atoms with E-state index >= 15 is 0 Å². The number of halogens is 2. The number of rotatable bonds is 4. The summed E-state index contributed by atoms with van der Waals surface area (Å²) >= 11 is 0. The molecule has 5 nitrogen and oxygen atoms in total. The van der Waals surface area contributed by atoms with Crippen LogP contribution < -0.4 is 11.1 Å². The molecule has 0 bridgehead atoms. The van der Waals surface area contributed by atoms with E-state index in [1.54, 1.807) is 0 Å². The van der Waals surface area contributed by atoms with Gasteiger partial charge in [-0.2, -0.15) is 4.98 Å². The van der Waals surface area contributed by atoms with Gasteiger partial charge in [-0.1, -0.05) is 5.16 Å². The monoisotopic (exact) mass is 240 g/mol. The Hall–Kier alpha value is -2.18. The summed E-state index contributed by atoms with van der Waals surface area (Å²) in [4.78, 5) is 3.79. The second-order valence-corrected chi connectivity index (χ2v) is 3.35. The molecule has 0 aliphatic carbocycles. The highest BCUT2D eigenvalue weighted by molar-refractivity contribution is 5.66. The molecule has 0 saturated heterocycles. The first-order valence-corrected chi connectivity index (χ1v) is 4.91. The van der Waals surface area contributed by atoms with Crippen LogP contribution in [0.3, 0.4) is 0 Å². The summed E-state index contributed by atoms with van der Waals surface area (Å²) in [6.45, 7) is 0.324. The van der Waals surface area contributed by atoms with Gasteiger partial charge in [0.25, 0.3) is 0 Å². The van der Waals surface area contributed by atoms with Crippen LogP contribution in [0.4, 0.5) is 20.2 Å². The Labute approximate surface area is 95.6 Å². The van der Waals surface area contributed by atoms with E-state index in [1.807, 2.05) is 0 Å². The second-order valence-electron chi connectivity index (χ2n) is 3.35. The van der Waals surface area contributed by atoms with E-state index in [9.17, 15) is 8.78 Å². The van der Waals surface area contributed by atoms with Crippen LogP contribution in [0.5, 0.6) is 0 Å². The predicted molar refractivity (Wildman–Crippen MR) is 57.3 cm³/mol. The molecule has 1 aromatic carbocycles. The van der Waals surface area contributed by atoms with Crippen molar-refractivity contribution in [2.45, 2.75) is 6.42 Å². The number of benzene rings is 1. The number of aromatic nitrogens is 2. The van der Waals surface area contributed by atoms with Gasteiger partial charge in [0, 0.05) is 13.0 Å². The van der Waals surface area contributed by atoms with Crippen molar-refractivity contribution in [1.82, 2.24) is 10.1 Å². The van der Waals surface area contributed by atoms with Crippen LogP contribution in [0.15, 0.2) is 23.0 Å². The summed E-state index contributed by atoms with van der Waals surface area (Å²) in [5.74, 6) is -1.45. The highest BCUT2D eigenvalue weighted by Crippen LogP contribution is 2.24. The molecular weight excluding hydrogens is 230 g/mol. The topological polar surface area (TPSA) is 77.0 Å². The highest BCUT2D eigenvalue weighted by atomic mass is 19.2. The summed E-state index contributed by atoms with van der Waals surface area (Å²) in [6.07, 6.45) is 1.62. The van der Waals surface area contributed by atoms with Gasteiger partial charge in [-0.3, -0.25) is 0 Å². The lowest BCUT2D eigenvalue weighted by atomic mass is 10.2. The number of nitrogens with one attached hydrogen (secondary N) is 1. The fourth-order valence-corrected chi connectivity index (χ4v) is 1.35. The summed E-state index contributed by atoms with van der Waals surface area (Å²) in [6, 6.07) is 2.28. The fourth-order valence-electron chi connectivity index (χ4n) is 1.35. The maximum absolute atomic E-state index is 13.4. The average Bonchev–Trinajstić information content (AvgIpc) is 2.81. The van der Waals surface area contributed by atoms with E-state index in [4.69, 9.17) is 5.73 Å². The summed E-state index contributed by atoms with van der Waals surface area (Å²) in [5.41, 5.74) is 5.63. The number of hydrogen-bond donors (Lipinski definition) is 2. The zero-order chi connectivity index (χ0) is 12.3. The highest BCUT2D eigenvalue weighted by Gasteiger charge is 2.11. The predicted octanol–water partition coefficient (Wildman–Crippen LogP) is 1.58. The Bertz CT molecular complexity index is 501. The molecule has 0 amide bonds. The van der Waals surface area contributed by atoms with Crippen molar-refractivity contribution in [3.63, 3.8) is 0 Å². The smallest absolute Gasteiger partial charge is 0.213 e. The molecule has 17 heavy (non-hydrogen) atoms. The Morgan fingerprint density at radius 2 is 2.18 bits per heavy atom. The van der Waals surface area contributed by atoms with Gasteiger partial charge in [-0.15, -0.1) is 0 Å². The third kappa shape index (κ3) is 2.49. The van der Waals surface area contributed by atoms with Crippen LogP contribution in [-0.2, 0) is 6.42 Å². The standard InChI is InChI=1S/C10H10F2N4O/c11-6-1-2-7(13)10(9(6)12)14-4-3-8-15-5-17-16-8/h1-2,5,14H,3-4,13H2. The van der Waals surface area contributed by atoms with Crippen LogP contribution >= 0.6 is 0 Å². The van der Waals surface area contributed by atoms with Gasteiger partial charge < -0.3 is 15.6 Å². The minimum Gasteiger partial charge on any atom is -0.397 e. The van der Waals surface area contributed by atoms with Gasteiger partial charge in [0.05, 0.1) is 11.4 Å². The molecule has 0 unspecified atom stereocenters. The van der Waals surface area contributed by atoms with Gasteiger partial charge in [0.15, 0.2) is 17.5 Å². The van der Waals surface area contributed by atoms with E-state index in [0.29, 0.717) is 18.8 Å². The molecule has 0 aliphatic rings. The number of nitrogen functional groups attached to an aromatic ring is 1. The molecular formula is C10H10F2N4O. The van der Waals surface area contributed by atoms with Crippen LogP contribution in [0.2, 0.25) is 0 Å². The number of nitrogens with two attached hydrogens (primary N) is 1. The second kappa shape index (κ2) is 4.77. The molecule has 2 rings (SSSR count). The maximum atomic E-state index is 13.4. The Kier molecular flexibility index (Phi) is 3.17. The van der Waals surface area contributed by atoms with E-state index in [2.05, 4.69) is 20.0 Å². The molecule has 2 aromatic rings. The first kappa shape index (κ1) is 11.3. The van der Waals surface area contributed by atoms with Crippen molar-refractivity contribution in [3.05, 3.63) is 36.0 Å². The molecule has 1 heterocycles. The quantitative estimate of drug-likeness (QED) is 0.793. The van der Waals surface area contributed by atoms with Gasteiger partial charge in [0.2, 0.25) is 6.39 Å². The minimum absolute atomic E-state index is 0.0477. The van der Waals surface area contributed by atoms with Crippen molar-refractivity contribution in [3.8, 4) is 0 Å². The summed E-state index contributed by atoms with van der Waals surface area (Å²) < 4.78 is 30.8.